The smallest absolute Gasteiger partial charge is 0.166 e. The molecule has 4 aromatic carbocycles. The molecule has 0 saturated heterocycles. The van der Waals surface area contributed by atoms with Crippen LogP contribution in [0.1, 0.15) is 59.7 Å². The summed E-state index contributed by atoms with van der Waals surface area (Å²) in [5, 5.41) is 4.45. The molecule has 0 bridgehead atoms. The fraction of sp³-hybridized carbons (Fsp3) is 0.282. The molecular formula is C39H43N3O2. The van der Waals surface area contributed by atoms with Crippen molar-refractivity contribution in [2.75, 3.05) is 25.0 Å². The topological polar surface area (TPSA) is 54.5 Å². The molecular weight excluding hydrogens is 542 g/mol. The number of rotatable bonds is 16. The fourth-order valence-corrected chi connectivity index (χ4v) is 5.56. The van der Waals surface area contributed by atoms with E-state index in [0.29, 0.717) is 18.6 Å². The lowest BCUT2D eigenvalue weighted by molar-refractivity contribution is 0.0982. The minimum Gasteiger partial charge on any atom is -0.494 e. The maximum atomic E-state index is 13.1. The van der Waals surface area contributed by atoms with Crippen LogP contribution in [0.15, 0.2) is 109 Å². The van der Waals surface area contributed by atoms with Crippen molar-refractivity contribution in [1.82, 2.24) is 9.88 Å². The van der Waals surface area contributed by atoms with Crippen molar-refractivity contribution < 1.29 is 9.53 Å². The van der Waals surface area contributed by atoms with Crippen molar-refractivity contribution in [1.29, 1.82) is 0 Å². The lowest BCUT2D eigenvalue weighted by atomic mass is 10.0. The van der Waals surface area contributed by atoms with Crippen molar-refractivity contribution in [2.45, 2.75) is 52.5 Å². The van der Waals surface area contributed by atoms with Gasteiger partial charge in [0.05, 0.1) is 23.4 Å². The van der Waals surface area contributed by atoms with E-state index in [1.54, 1.807) is 6.20 Å². The van der Waals surface area contributed by atoms with Gasteiger partial charge in [0.25, 0.3) is 0 Å². The number of aryl methyl sites for hydroxylation is 2. The highest BCUT2D eigenvalue weighted by molar-refractivity contribution is 6.09. The molecule has 1 aromatic heterocycles. The summed E-state index contributed by atoms with van der Waals surface area (Å²) in [6.07, 6.45) is 6.09. The van der Waals surface area contributed by atoms with Gasteiger partial charge in [-0.3, -0.25) is 14.7 Å². The Kier molecular flexibility index (Phi) is 11.1. The van der Waals surface area contributed by atoms with Crippen LogP contribution in [0.4, 0.5) is 11.4 Å². The second-order valence-electron chi connectivity index (χ2n) is 11.4. The number of benzene rings is 4. The van der Waals surface area contributed by atoms with E-state index in [-0.39, 0.29) is 5.78 Å². The highest BCUT2D eigenvalue weighted by atomic mass is 16.5. The molecule has 0 aliphatic heterocycles. The van der Waals surface area contributed by atoms with Crippen molar-refractivity contribution >= 4 is 28.1 Å². The molecule has 44 heavy (non-hydrogen) atoms. The Morgan fingerprint density at radius 1 is 0.841 bits per heavy atom. The number of ether oxygens (including phenoxy) is 1. The number of carbonyl (C=O) groups excluding carboxylic acids is 1. The van der Waals surface area contributed by atoms with E-state index in [2.05, 4.69) is 88.9 Å². The van der Waals surface area contributed by atoms with Crippen LogP contribution in [0.2, 0.25) is 0 Å². The zero-order valence-corrected chi connectivity index (χ0v) is 26.0. The lowest BCUT2D eigenvalue weighted by Gasteiger charge is -2.22. The summed E-state index contributed by atoms with van der Waals surface area (Å²) in [5.41, 5.74) is 7.04. The van der Waals surface area contributed by atoms with Crippen LogP contribution >= 0.6 is 0 Å². The summed E-state index contributed by atoms with van der Waals surface area (Å²) in [6.45, 7) is 7.62. The maximum Gasteiger partial charge on any atom is 0.166 e. The Morgan fingerprint density at radius 2 is 1.55 bits per heavy atom. The molecule has 5 rings (SSSR count). The number of para-hydroxylation sites is 1. The lowest BCUT2D eigenvalue weighted by Crippen LogP contribution is -2.27. The molecule has 0 aliphatic rings. The Morgan fingerprint density at radius 3 is 2.30 bits per heavy atom. The Balaban J connectivity index is 1.27. The molecule has 1 N–H and O–H groups in total. The molecule has 0 radical (unpaired) electrons. The first kappa shape index (κ1) is 31.0. The number of pyridine rings is 1. The van der Waals surface area contributed by atoms with Gasteiger partial charge < -0.3 is 10.1 Å². The van der Waals surface area contributed by atoms with Gasteiger partial charge >= 0.3 is 0 Å². The molecule has 0 atom stereocenters. The molecule has 0 saturated carbocycles. The second-order valence-corrected chi connectivity index (χ2v) is 11.4. The molecule has 1 heterocycles. The average molecular weight is 586 g/mol. The number of anilines is 2. The first-order valence-corrected chi connectivity index (χ1v) is 15.8. The Bertz CT molecular complexity index is 1640. The van der Waals surface area contributed by atoms with Crippen molar-refractivity contribution in [3.63, 3.8) is 0 Å². The van der Waals surface area contributed by atoms with Crippen LogP contribution in [0.25, 0.3) is 10.9 Å². The van der Waals surface area contributed by atoms with E-state index in [9.17, 15) is 4.79 Å². The van der Waals surface area contributed by atoms with Crippen molar-refractivity contribution in [3.8, 4) is 5.75 Å². The normalized spacial score (nSPS) is 11.2. The largest absolute Gasteiger partial charge is 0.494 e. The number of fused-ring (bicyclic) bond motifs is 1. The summed E-state index contributed by atoms with van der Waals surface area (Å²) in [6, 6.07) is 35.5. The van der Waals surface area contributed by atoms with Crippen LogP contribution in [0.3, 0.4) is 0 Å². The summed E-state index contributed by atoms with van der Waals surface area (Å²) in [4.78, 5) is 20.3. The molecule has 5 aromatic rings. The van der Waals surface area contributed by atoms with E-state index in [4.69, 9.17) is 4.74 Å². The number of ketones is 1. The standard InChI is InChI=1S/C39H43N3O2/c1-3-14-38(43)35-28-40-37-23-22-33(27-34(37)39(35)41-36-21-11-10-15-30(36)2)44-26-13-25-42(29-32-18-8-5-9-19-32)24-12-20-31-16-6-4-7-17-31/h4-11,15-19,21-23,27-28H,3,12-14,20,24-26,29H2,1-2H3,(H,40,41). The SMILES string of the molecule is CCCC(=O)c1cnc2ccc(OCCCN(CCCc3ccccc3)Cc3ccccc3)cc2c1Nc1ccccc1C. The first-order chi connectivity index (χ1) is 21.6. The third-order valence-corrected chi connectivity index (χ3v) is 7.94. The first-order valence-electron chi connectivity index (χ1n) is 15.8. The minimum atomic E-state index is 0.0927. The van der Waals surface area contributed by atoms with Crippen LogP contribution in [-0.4, -0.2) is 35.4 Å². The summed E-state index contributed by atoms with van der Waals surface area (Å²) in [7, 11) is 0. The fourth-order valence-electron chi connectivity index (χ4n) is 5.56. The molecule has 5 heteroatoms. The van der Waals surface area contributed by atoms with Gasteiger partial charge in [-0.15, -0.1) is 0 Å². The monoisotopic (exact) mass is 585 g/mol. The number of hydrogen-bond acceptors (Lipinski definition) is 5. The molecule has 0 fully saturated rings. The molecule has 0 spiro atoms. The number of carbonyl (C=O) groups is 1. The van der Waals surface area contributed by atoms with Crippen LogP contribution in [0, 0.1) is 6.92 Å². The van der Waals surface area contributed by atoms with Gasteiger partial charge in [0.15, 0.2) is 5.78 Å². The number of aromatic nitrogens is 1. The Labute approximate surface area is 261 Å². The summed E-state index contributed by atoms with van der Waals surface area (Å²) >= 11 is 0. The van der Waals surface area contributed by atoms with Gasteiger partial charge in [-0.1, -0.05) is 85.8 Å². The van der Waals surface area contributed by atoms with Crippen molar-refractivity contribution in [2.24, 2.45) is 0 Å². The Hall–Kier alpha value is -4.48. The second kappa shape index (κ2) is 15.8. The van der Waals surface area contributed by atoms with Crippen LogP contribution in [0.5, 0.6) is 5.75 Å². The van der Waals surface area contributed by atoms with Crippen LogP contribution in [-0.2, 0) is 13.0 Å². The van der Waals surface area contributed by atoms with Gasteiger partial charge in [0.2, 0.25) is 0 Å². The van der Waals surface area contributed by atoms with Gasteiger partial charge in [-0.05, 0) is 80.1 Å². The van der Waals surface area contributed by atoms with Gasteiger partial charge in [-0.2, -0.15) is 0 Å². The van der Waals surface area contributed by atoms with E-state index < -0.39 is 0 Å². The highest BCUT2D eigenvalue weighted by Gasteiger charge is 2.17. The van der Waals surface area contributed by atoms with Crippen molar-refractivity contribution in [3.05, 3.63) is 132 Å². The third-order valence-electron chi connectivity index (χ3n) is 7.94. The highest BCUT2D eigenvalue weighted by Crippen LogP contribution is 2.33. The zero-order chi connectivity index (χ0) is 30.6. The molecule has 5 nitrogen and oxygen atoms in total. The summed E-state index contributed by atoms with van der Waals surface area (Å²) in [5.74, 6) is 0.876. The molecule has 0 unspecified atom stereocenters. The van der Waals surface area contributed by atoms with E-state index >= 15 is 0 Å². The molecule has 0 amide bonds. The third kappa shape index (κ3) is 8.55. The average Bonchev–Trinajstić information content (AvgIpc) is 3.05. The quantitative estimate of drug-likeness (QED) is 0.0924. The number of nitrogens with zero attached hydrogens (tertiary/aromatic N) is 2. The van der Waals surface area contributed by atoms with E-state index in [1.165, 1.54) is 11.1 Å². The van der Waals surface area contributed by atoms with E-state index in [0.717, 1.165) is 78.9 Å². The zero-order valence-electron chi connectivity index (χ0n) is 26.0. The minimum absolute atomic E-state index is 0.0927. The summed E-state index contributed by atoms with van der Waals surface area (Å²) < 4.78 is 6.30. The maximum absolute atomic E-state index is 13.1. The number of nitrogens with one attached hydrogen (secondary N) is 1. The predicted molar refractivity (Wildman–Crippen MR) is 182 cm³/mol. The van der Waals surface area contributed by atoms with Gasteiger partial charge in [-0.25, -0.2) is 0 Å². The number of Topliss-reactive ketones (excluding diaryl/α,β-unsaturated/α-hetero) is 1. The molecule has 226 valence electrons. The van der Waals surface area contributed by atoms with Crippen LogP contribution < -0.4 is 10.1 Å². The van der Waals surface area contributed by atoms with Gasteiger partial charge in [0, 0.05) is 36.8 Å². The molecule has 0 aliphatic carbocycles. The predicted octanol–water partition coefficient (Wildman–Crippen LogP) is 9.17. The van der Waals surface area contributed by atoms with E-state index in [1.807, 2.05) is 43.3 Å². The number of hydrogen-bond donors (Lipinski definition) is 1. The van der Waals surface area contributed by atoms with Gasteiger partial charge in [0.1, 0.15) is 5.75 Å².